The summed E-state index contributed by atoms with van der Waals surface area (Å²) in [7, 11) is 1.97. The van der Waals surface area contributed by atoms with Crippen LogP contribution in [0.5, 0.6) is 0 Å². The molecular formula is C36H41FN6O4. The van der Waals surface area contributed by atoms with E-state index in [9.17, 15) is 23.9 Å². The number of hydrogen-bond acceptors (Lipinski definition) is 7. The molecule has 246 valence electrons. The maximum atomic E-state index is 14.5. The molecule has 1 aliphatic heterocycles. The van der Waals surface area contributed by atoms with E-state index in [1.165, 1.54) is 9.13 Å². The van der Waals surface area contributed by atoms with Gasteiger partial charge in [0.2, 0.25) is 0 Å². The molecule has 1 amide bonds. The van der Waals surface area contributed by atoms with Gasteiger partial charge in [-0.1, -0.05) is 36.4 Å². The molecule has 0 atom stereocenters. The molecule has 0 bridgehead atoms. The molecule has 2 aromatic heterocycles. The van der Waals surface area contributed by atoms with E-state index < -0.39 is 17.1 Å². The first-order valence-corrected chi connectivity index (χ1v) is 16.6. The first kappa shape index (κ1) is 31.4. The standard InChI is InChI=1S/C36H41FN6O4/c1-23(2)40(17-18-44)22-24-7-9-25(10-8-24)26-5-4-6-30(19-26)41-32-31(20-27(37)21-38-32)33(45)42(35(41)47)28-11-13-29(14-12-28)43-34(46)36(15-16-36)39(43)3/h4-10,19-21,23,28-29,44H,11-18,22H2,1-3H3/t28-,29+. The predicted octanol–water partition coefficient (Wildman–Crippen LogP) is 4.26. The topological polar surface area (TPSA) is 104 Å². The van der Waals surface area contributed by atoms with Crippen LogP contribution in [0.3, 0.4) is 0 Å². The quantitative estimate of drug-likeness (QED) is 0.292. The molecule has 2 aliphatic carbocycles. The zero-order valence-electron chi connectivity index (χ0n) is 27.1. The van der Waals surface area contributed by atoms with Crippen LogP contribution in [-0.2, 0) is 11.3 Å². The Morgan fingerprint density at radius 3 is 2.32 bits per heavy atom. The molecule has 1 N–H and O–H groups in total. The fourth-order valence-corrected chi connectivity index (χ4v) is 7.52. The van der Waals surface area contributed by atoms with E-state index in [0.29, 0.717) is 44.0 Å². The number of aliphatic hydroxyl groups excluding tert-OH is 1. The Morgan fingerprint density at radius 2 is 1.68 bits per heavy atom. The van der Waals surface area contributed by atoms with Crippen molar-refractivity contribution in [3.05, 3.63) is 93.0 Å². The Labute approximate surface area is 272 Å². The van der Waals surface area contributed by atoms with Crippen LogP contribution in [0.1, 0.15) is 64.0 Å². The molecule has 0 radical (unpaired) electrons. The number of carbonyl (C=O) groups is 1. The second-order valence-corrected chi connectivity index (χ2v) is 13.5. The lowest BCUT2D eigenvalue weighted by atomic mass is 9.89. The largest absolute Gasteiger partial charge is 0.395 e. The number of benzene rings is 2. The Bertz CT molecular complexity index is 1940. The first-order valence-electron chi connectivity index (χ1n) is 16.6. The molecule has 3 fully saturated rings. The van der Waals surface area contributed by atoms with Crippen molar-refractivity contribution in [3.63, 3.8) is 0 Å². The highest BCUT2D eigenvalue weighted by molar-refractivity contribution is 5.94. The van der Waals surface area contributed by atoms with Gasteiger partial charge in [-0.3, -0.25) is 24.1 Å². The molecule has 7 rings (SSSR count). The van der Waals surface area contributed by atoms with Crippen LogP contribution >= 0.6 is 0 Å². The Kier molecular flexibility index (Phi) is 8.10. The molecule has 4 aromatic rings. The lowest BCUT2D eigenvalue weighted by Gasteiger charge is -2.53. The highest BCUT2D eigenvalue weighted by Crippen LogP contribution is 2.52. The predicted molar refractivity (Wildman–Crippen MR) is 177 cm³/mol. The fraction of sp³-hybridized carbons (Fsp3) is 0.444. The van der Waals surface area contributed by atoms with Gasteiger partial charge in [-0.2, -0.15) is 0 Å². The first-order chi connectivity index (χ1) is 22.6. The van der Waals surface area contributed by atoms with E-state index in [2.05, 4.69) is 40.9 Å². The number of aromatic nitrogens is 3. The number of hydrogen-bond donors (Lipinski definition) is 1. The van der Waals surface area contributed by atoms with Gasteiger partial charge in [0.1, 0.15) is 11.4 Å². The van der Waals surface area contributed by atoms with Gasteiger partial charge in [-0.05, 0) is 87.3 Å². The van der Waals surface area contributed by atoms with Crippen molar-refractivity contribution < 1.29 is 14.3 Å². The van der Waals surface area contributed by atoms with Gasteiger partial charge < -0.3 is 5.11 Å². The number of halogens is 1. The average molecular weight is 641 g/mol. The summed E-state index contributed by atoms with van der Waals surface area (Å²) in [6.07, 6.45) is 5.28. The second kappa shape index (κ2) is 12.1. The number of fused-ring (bicyclic) bond motifs is 1. The smallest absolute Gasteiger partial charge is 0.337 e. The zero-order valence-corrected chi connectivity index (χ0v) is 27.1. The van der Waals surface area contributed by atoms with Gasteiger partial charge in [0.25, 0.3) is 11.5 Å². The molecule has 11 heteroatoms. The summed E-state index contributed by atoms with van der Waals surface area (Å²) < 4.78 is 17.2. The fourth-order valence-electron chi connectivity index (χ4n) is 7.52. The summed E-state index contributed by atoms with van der Waals surface area (Å²) in [6.45, 7) is 5.63. The summed E-state index contributed by atoms with van der Waals surface area (Å²) in [6, 6.07) is 16.8. The van der Waals surface area contributed by atoms with Gasteiger partial charge in [-0.25, -0.2) is 23.7 Å². The molecule has 2 aromatic carbocycles. The zero-order chi connectivity index (χ0) is 33.0. The number of carbonyl (C=O) groups excluding carboxylic acids is 1. The van der Waals surface area contributed by atoms with Crippen molar-refractivity contribution in [1.29, 1.82) is 0 Å². The SMILES string of the molecule is CC(C)N(CCO)Cc1ccc(-c2cccc(-n3c(=O)n([C@H]4CC[C@@H](N5C(=O)C6(CC6)N5C)CC4)c(=O)c4cc(F)cnc43)c2)cc1. The van der Waals surface area contributed by atoms with Crippen molar-refractivity contribution >= 4 is 16.9 Å². The van der Waals surface area contributed by atoms with Crippen LogP contribution in [-0.4, -0.2) is 77.9 Å². The van der Waals surface area contributed by atoms with E-state index in [1.54, 1.807) is 6.07 Å². The summed E-state index contributed by atoms with van der Waals surface area (Å²) in [5.74, 6) is -0.462. The Balaban J connectivity index is 1.20. The Hall–Kier alpha value is -4.19. The van der Waals surface area contributed by atoms with Crippen LogP contribution in [0, 0.1) is 5.82 Å². The van der Waals surface area contributed by atoms with Gasteiger partial charge >= 0.3 is 5.69 Å². The van der Waals surface area contributed by atoms with Crippen LogP contribution in [0.15, 0.2) is 70.4 Å². The highest BCUT2D eigenvalue weighted by atomic mass is 19.1. The number of hydrazine groups is 1. The van der Waals surface area contributed by atoms with Crippen LogP contribution in [0.25, 0.3) is 27.8 Å². The molecule has 2 saturated carbocycles. The van der Waals surface area contributed by atoms with Crippen LogP contribution in [0.4, 0.5) is 4.39 Å². The van der Waals surface area contributed by atoms with E-state index >= 15 is 0 Å². The third kappa shape index (κ3) is 5.40. The monoisotopic (exact) mass is 640 g/mol. The van der Waals surface area contributed by atoms with Gasteiger partial charge in [0, 0.05) is 38.3 Å². The van der Waals surface area contributed by atoms with Crippen LogP contribution < -0.4 is 11.2 Å². The number of aliphatic hydroxyl groups is 1. The summed E-state index contributed by atoms with van der Waals surface area (Å²) in [5.41, 5.74) is 2.25. The molecule has 3 aliphatic rings. The van der Waals surface area contributed by atoms with Crippen molar-refractivity contribution in [2.24, 2.45) is 0 Å². The van der Waals surface area contributed by atoms with Crippen LogP contribution in [0.2, 0.25) is 0 Å². The molecular weight excluding hydrogens is 599 g/mol. The maximum absolute atomic E-state index is 14.5. The number of nitrogens with zero attached hydrogens (tertiary/aromatic N) is 6. The van der Waals surface area contributed by atoms with Gasteiger partial charge in [-0.15, -0.1) is 0 Å². The highest BCUT2D eigenvalue weighted by Gasteiger charge is 2.66. The second-order valence-electron chi connectivity index (χ2n) is 13.5. The van der Waals surface area contributed by atoms with Crippen molar-refractivity contribution in [1.82, 2.24) is 29.0 Å². The minimum Gasteiger partial charge on any atom is -0.395 e. The molecule has 1 saturated heterocycles. The minimum atomic E-state index is -0.646. The Morgan fingerprint density at radius 1 is 0.979 bits per heavy atom. The summed E-state index contributed by atoms with van der Waals surface area (Å²) >= 11 is 0. The molecule has 0 unspecified atom stereocenters. The lowest BCUT2D eigenvalue weighted by Crippen LogP contribution is -2.72. The summed E-state index contributed by atoms with van der Waals surface area (Å²) in [4.78, 5) is 47.4. The number of rotatable bonds is 9. The third-order valence-electron chi connectivity index (χ3n) is 10.4. The minimum absolute atomic E-state index is 0.0404. The molecule has 1 spiro atoms. The van der Waals surface area contributed by atoms with Crippen molar-refractivity contribution in [2.45, 2.75) is 82.6 Å². The van der Waals surface area contributed by atoms with E-state index in [4.69, 9.17) is 0 Å². The van der Waals surface area contributed by atoms with Gasteiger partial charge in [0.05, 0.1) is 23.9 Å². The number of pyridine rings is 1. The number of amides is 1. The normalized spacial score (nSPS) is 20.8. The van der Waals surface area contributed by atoms with E-state index in [-0.39, 0.29) is 41.2 Å². The van der Waals surface area contributed by atoms with E-state index in [0.717, 1.165) is 48.3 Å². The van der Waals surface area contributed by atoms with Crippen molar-refractivity contribution in [3.8, 4) is 16.8 Å². The average Bonchev–Trinajstić information content (AvgIpc) is 3.90. The molecule has 47 heavy (non-hydrogen) atoms. The maximum Gasteiger partial charge on any atom is 0.337 e. The third-order valence-corrected chi connectivity index (χ3v) is 10.4. The summed E-state index contributed by atoms with van der Waals surface area (Å²) in [5, 5.41) is 13.4. The van der Waals surface area contributed by atoms with Gasteiger partial charge in [0.15, 0.2) is 5.65 Å². The van der Waals surface area contributed by atoms with E-state index in [1.807, 2.05) is 42.4 Å². The van der Waals surface area contributed by atoms with Crippen molar-refractivity contribution in [2.75, 3.05) is 20.2 Å². The lowest BCUT2D eigenvalue weighted by molar-refractivity contribution is -0.207. The molecule has 3 heterocycles. The molecule has 10 nitrogen and oxygen atoms in total. The number of likely N-dealkylation sites (N-methyl/N-ethyl adjacent to an activating group) is 1.